The number of hydrogen-bond acceptors (Lipinski definition) is 7. The highest BCUT2D eigenvalue weighted by Crippen LogP contribution is 2.21. The van der Waals surface area contributed by atoms with Gasteiger partial charge in [0, 0.05) is 31.3 Å². The van der Waals surface area contributed by atoms with Crippen molar-refractivity contribution in [2.45, 2.75) is 25.3 Å². The molecule has 7 nitrogen and oxygen atoms in total. The molecule has 146 valence electrons. The lowest BCUT2D eigenvalue weighted by molar-refractivity contribution is -0.141. The van der Waals surface area contributed by atoms with Crippen LogP contribution >= 0.6 is 11.8 Å². The van der Waals surface area contributed by atoms with Crippen LogP contribution in [0.5, 0.6) is 5.75 Å². The number of carbonyl (C=O) groups is 3. The summed E-state index contributed by atoms with van der Waals surface area (Å²) in [4.78, 5) is 38.4. The van der Waals surface area contributed by atoms with Gasteiger partial charge in [-0.15, -0.1) is 0 Å². The Hall–Kier alpha value is -2.87. The maximum Gasteiger partial charge on any atom is 0.302 e. The molecule has 0 bridgehead atoms. The summed E-state index contributed by atoms with van der Waals surface area (Å²) in [5, 5.41) is 2.18. The molecule has 0 saturated carbocycles. The molecule has 0 spiro atoms. The predicted molar refractivity (Wildman–Crippen MR) is 104 cm³/mol. The molecule has 1 fully saturated rings. The molecule has 1 aliphatic rings. The third kappa shape index (κ3) is 5.56. The van der Waals surface area contributed by atoms with E-state index in [1.54, 1.807) is 6.20 Å². The number of nitrogens with zero attached hydrogens (tertiary/aromatic N) is 1. The van der Waals surface area contributed by atoms with Crippen LogP contribution in [0.2, 0.25) is 0 Å². The van der Waals surface area contributed by atoms with Gasteiger partial charge in [-0.3, -0.25) is 19.4 Å². The fraction of sp³-hybridized carbons (Fsp3) is 0.300. The second-order valence-electron chi connectivity index (χ2n) is 6.32. The van der Waals surface area contributed by atoms with Crippen LogP contribution in [0.1, 0.15) is 24.1 Å². The van der Waals surface area contributed by atoms with E-state index in [0.29, 0.717) is 30.5 Å². The Labute approximate surface area is 166 Å². The van der Waals surface area contributed by atoms with Gasteiger partial charge in [0.25, 0.3) is 5.24 Å². The summed E-state index contributed by atoms with van der Waals surface area (Å²) in [6.07, 6.45) is 2.13. The SMILES string of the molecule is CC(=O)OCC(COc1ccc(CC2NC(=O)SC2=O)cc1)c1ccccn1. The highest BCUT2D eigenvalue weighted by Gasteiger charge is 2.31. The summed E-state index contributed by atoms with van der Waals surface area (Å²) >= 11 is 0.711. The molecule has 2 heterocycles. The Morgan fingerprint density at radius 2 is 1.96 bits per heavy atom. The zero-order chi connectivity index (χ0) is 19.9. The van der Waals surface area contributed by atoms with Crippen molar-refractivity contribution in [1.82, 2.24) is 10.3 Å². The van der Waals surface area contributed by atoms with Gasteiger partial charge in [-0.05, 0) is 29.8 Å². The topological polar surface area (TPSA) is 94.6 Å². The summed E-state index contributed by atoms with van der Waals surface area (Å²) in [6.45, 7) is 1.86. The molecule has 1 aromatic heterocycles. The van der Waals surface area contributed by atoms with Crippen molar-refractivity contribution in [2.24, 2.45) is 0 Å². The van der Waals surface area contributed by atoms with Gasteiger partial charge in [0.2, 0.25) is 5.12 Å². The van der Waals surface area contributed by atoms with Crippen molar-refractivity contribution in [3.05, 3.63) is 59.9 Å². The highest BCUT2D eigenvalue weighted by atomic mass is 32.2. The van der Waals surface area contributed by atoms with E-state index in [1.807, 2.05) is 42.5 Å². The lowest BCUT2D eigenvalue weighted by Crippen LogP contribution is -2.30. The number of aromatic nitrogens is 1. The van der Waals surface area contributed by atoms with Crippen LogP contribution in [0.3, 0.4) is 0 Å². The van der Waals surface area contributed by atoms with Gasteiger partial charge in [0.05, 0.1) is 18.2 Å². The van der Waals surface area contributed by atoms with Crippen molar-refractivity contribution in [3.8, 4) is 5.75 Å². The van der Waals surface area contributed by atoms with Crippen molar-refractivity contribution < 1.29 is 23.9 Å². The fourth-order valence-corrected chi connectivity index (χ4v) is 3.40. The molecule has 0 radical (unpaired) electrons. The second kappa shape index (κ2) is 9.36. The first-order valence-corrected chi connectivity index (χ1v) is 9.61. The lowest BCUT2D eigenvalue weighted by Gasteiger charge is -2.17. The largest absolute Gasteiger partial charge is 0.493 e. The highest BCUT2D eigenvalue weighted by molar-refractivity contribution is 8.26. The Kier molecular flexibility index (Phi) is 6.65. The molecule has 2 unspecified atom stereocenters. The van der Waals surface area contributed by atoms with E-state index in [9.17, 15) is 14.4 Å². The van der Waals surface area contributed by atoms with Crippen LogP contribution in [0.15, 0.2) is 48.7 Å². The summed E-state index contributed by atoms with van der Waals surface area (Å²) in [5.74, 6) is 0.119. The molecule has 1 aromatic carbocycles. The first-order valence-electron chi connectivity index (χ1n) is 8.79. The van der Waals surface area contributed by atoms with Gasteiger partial charge >= 0.3 is 5.97 Å². The predicted octanol–water partition coefficient (Wildman–Crippen LogP) is 2.70. The number of benzene rings is 1. The van der Waals surface area contributed by atoms with Crippen molar-refractivity contribution in [2.75, 3.05) is 13.2 Å². The minimum absolute atomic E-state index is 0.158. The zero-order valence-electron chi connectivity index (χ0n) is 15.3. The number of hydrogen-bond donors (Lipinski definition) is 1. The lowest BCUT2D eigenvalue weighted by atomic mass is 10.1. The average Bonchev–Trinajstić information content (AvgIpc) is 3.00. The van der Waals surface area contributed by atoms with E-state index in [2.05, 4.69) is 10.3 Å². The Balaban J connectivity index is 1.58. The van der Waals surface area contributed by atoms with Crippen LogP contribution in [-0.4, -0.2) is 40.6 Å². The Bertz CT molecular complexity index is 841. The number of pyridine rings is 1. The van der Waals surface area contributed by atoms with E-state index in [-0.39, 0.29) is 28.8 Å². The number of ether oxygens (including phenoxy) is 2. The fourth-order valence-electron chi connectivity index (χ4n) is 2.74. The molecule has 3 rings (SSSR count). The minimum atomic E-state index is -0.485. The Morgan fingerprint density at radius 3 is 2.57 bits per heavy atom. The van der Waals surface area contributed by atoms with E-state index >= 15 is 0 Å². The minimum Gasteiger partial charge on any atom is -0.493 e. The van der Waals surface area contributed by atoms with Crippen LogP contribution in [-0.2, 0) is 20.7 Å². The first-order chi connectivity index (χ1) is 13.5. The number of amides is 1. The van der Waals surface area contributed by atoms with Crippen LogP contribution in [0, 0.1) is 0 Å². The summed E-state index contributed by atoms with van der Waals surface area (Å²) in [6, 6.07) is 12.4. The molecule has 8 heteroatoms. The van der Waals surface area contributed by atoms with Gasteiger partial charge in [0.15, 0.2) is 0 Å². The van der Waals surface area contributed by atoms with Gasteiger partial charge in [0.1, 0.15) is 18.4 Å². The molecule has 1 saturated heterocycles. The normalized spacial score (nSPS) is 17.1. The molecular weight excluding hydrogens is 380 g/mol. The summed E-state index contributed by atoms with van der Waals surface area (Å²) < 4.78 is 11.0. The average molecular weight is 400 g/mol. The van der Waals surface area contributed by atoms with Gasteiger partial charge < -0.3 is 14.8 Å². The van der Waals surface area contributed by atoms with Crippen LogP contribution < -0.4 is 10.1 Å². The Morgan fingerprint density at radius 1 is 1.18 bits per heavy atom. The number of carbonyl (C=O) groups excluding carboxylic acids is 3. The van der Waals surface area contributed by atoms with Crippen molar-refractivity contribution in [1.29, 1.82) is 0 Å². The molecule has 1 amide bonds. The van der Waals surface area contributed by atoms with Crippen LogP contribution in [0.4, 0.5) is 4.79 Å². The van der Waals surface area contributed by atoms with E-state index < -0.39 is 6.04 Å². The number of esters is 1. The zero-order valence-corrected chi connectivity index (χ0v) is 16.1. The molecular formula is C20H20N2O5S. The standard InChI is InChI=1S/C20H20N2O5S/c1-13(23)26-11-15(17-4-2-3-9-21-17)12-27-16-7-5-14(6-8-16)10-18-19(24)28-20(25)22-18/h2-9,15,18H,10-12H2,1H3,(H,22,25). The molecule has 0 aliphatic carbocycles. The monoisotopic (exact) mass is 400 g/mol. The summed E-state index contributed by atoms with van der Waals surface area (Å²) in [7, 11) is 0. The number of rotatable bonds is 8. The first kappa shape index (κ1) is 19.9. The van der Waals surface area contributed by atoms with E-state index in [4.69, 9.17) is 9.47 Å². The smallest absolute Gasteiger partial charge is 0.302 e. The molecule has 28 heavy (non-hydrogen) atoms. The van der Waals surface area contributed by atoms with E-state index in [0.717, 1.165) is 11.3 Å². The van der Waals surface area contributed by atoms with Gasteiger partial charge in [-0.25, -0.2) is 0 Å². The quantitative estimate of drug-likeness (QED) is 0.681. The maximum absolute atomic E-state index is 11.7. The van der Waals surface area contributed by atoms with Gasteiger partial charge in [-0.1, -0.05) is 18.2 Å². The van der Waals surface area contributed by atoms with Gasteiger partial charge in [-0.2, -0.15) is 0 Å². The summed E-state index contributed by atoms with van der Waals surface area (Å²) in [5.41, 5.74) is 1.71. The number of nitrogens with one attached hydrogen (secondary N) is 1. The third-order valence-electron chi connectivity index (χ3n) is 4.18. The molecule has 1 N–H and O–H groups in total. The molecule has 1 aliphatic heterocycles. The third-order valence-corrected chi connectivity index (χ3v) is 4.97. The van der Waals surface area contributed by atoms with Crippen molar-refractivity contribution >= 4 is 28.1 Å². The molecule has 2 atom stereocenters. The second-order valence-corrected chi connectivity index (χ2v) is 7.30. The number of thioether (sulfide) groups is 1. The van der Waals surface area contributed by atoms with Crippen molar-refractivity contribution in [3.63, 3.8) is 0 Å². The maximum atomic E-state index is 11.7. The van der Waals surface area contributed by atoms with E-state index in [1.165, 1.54) is 6.92 Å². The molecule has 2 aromatic rings. The van der Waals surface area contributed by atoms with Crippen LogP contribution in [0.25, 0.3) is 0 Å².